The van der Waals surface area contributed by atoms with E-state index in [1.807, 2.05) is 11.3 Å². The highest BCUT2D eigenvalue weighted by Crippen LogP contribution is 2.26. The maximum absolute atomic E-state index is 5.70. The van der Waals surface area contributed by atoms with E-state index < -0.39 is 0 Å². The quantitative estimate of drug-likeness (QED) is 0.347. The molecule has 1 aromatic rings. The minimum absolute atomic E-state index is 0. The molecule has 0 radical (unpaired) electrons. The molecule has 26 heavy (non-hydrogen) atoms. The SMILES string of the molecule is CCNC(=NCC(c1cccs1)N1CCOCC1)NCC1CCCO1.I. The molecule has 0 spiro atoms. The maximum Gasteiger partial charge on any atom is 0.191 e. The number of thiophene rings is 1. The molecule has 3 heterocycles. The Labute approximate surface area is 177 Å². The van der Waals surface area contributed by atoms with E-state index in [9.17, 15) is 0 Å². The third kappa shape index (κ3) is 6.63. The summed E-state index contributed by atoms with van der Waals surface area (Å²) >= 11 is 1.81. The molecule has 0 aromatic carbocycles. The topological polar surface area (TPSA) is 58.1 Å². The number of rotatable bonds is 7. The van der Waals surface area contributed by atoms with Crippen LogP contribution in [-0.2, 0) is 9.47 Å². The summed E-state index contributed by atoms with van der Waals surface area (Å²) in [6, 6.07) is 4.66. The van der Waals surface area contributed by atoms with Crippen LogP contribution in [0.2, 0.25) is 0 Å². The van der Waals surface area contributed by atoms with E-state index in [1.54, 1.807) is 0 Å². The highest BCUT2D eigenvalue weighted by Gasteiger charge is 2.23. The van der Waals surface area contributed by atoms with E-state index in [0.29, 0.717) is 12.1 Å². The Bertz CT molecular complexity index is 517. The lowest BCUT2D eigenvalue weighted by molar-refractivity contribution is 0.0186. The van der Waals surface area contributed by atoms with Crippen LogP contribution in [0, 0.1) is 0 Å². The first kappa shape index (κ1) is 21.9. The van der Waals surface area contributed by atoms with Crippen molar-refractivity contribution in [1.82, 2.24) is 15.5 Å². The number of halogens is 1. The van der Waals surface area contributed by atoms with Crippen molar-refractivity contribution in [2.24, 2.45) is 4.99 Å². The molecule has 2 saturated heterocycles. The lowest BCUT2D eigenvalue weighted by atomic mass is 10.2. The van der Waals surface area contributed by atoms with Crippen molar-refractivity contribution >= 4 is 41.3 Å². The number of aliphatic imine (C=N–C) groups is 1. The molecule has 2 unspecified atom stereocenters. The van der Waals surface area contributed by atoms with Crippen molar-refractivity contribution < 1.29 is 9.47 Å². The van der Waals surface area contributed by atoms with Crippen LogP contribution in [0.15, 0.2) is 22.5 Å². The van der Waals surface area contributed by atoms with Crippen molar-refractivity contribution in [3.05, 3.63) is 22.4 Å². The fraction of sp³-hybridized carbons (Fsp3) is 0.722. The lowest BCUT2D eigenvalue weighted by Gasteiger charge is -2.33. The molecule has 0 aliphatic carbocycles. The number of morpholine rings is 1. The second-order valence-corrected chi connectivity index (χ2v) is 7.39. The van der Waals surface area contributed by atoms with Gasteiger partial charge in [0.2, 0.25) is 0 Å². The summed E-state index contributed by atoms with van der Waals surface area (Å²) in [5.74, 6) is 0.882. The first-order valence-electron chi connectivity index (χ1n) is 9.36. The highest BCUT2D eigenvalue weighted by atomic mass is 127. The zero-order chi connectivity index (χ0) is 17.3. The number of nitrogens with one attached hydrogen (secondary N) is 2. The fourth-order valence-corrected chi connectivity index (χ4v) is 4.14. The van der Waals surface area contributed by atoms with Gasteiger partial charge in [0.05, 0.1) is 31.9 Å². The van der Waals surface area contributed by atoms with Gasteiger partial charge in [-0.2, -0.15) is 0 Å². The molecule has 0 amide bonds. The summed E-state index contributed by atoms with van der Waals surface area (Å²) in [5.41, 5.74) is 0. The summed E-state index contributed by atoms with van der Waals surface area (Å²) < 4.78 is 11.2. The number of ether oxygens (including phenoxy) is 2. The molecular formula is C18H31IN4O2S. The van der Waals surface area contributed by atoms with E-state index in [0.717, 1.165) is 71.3 Å². The van der Waals surface area contributed by atoms with Gasteiger partial charge in [-0.05, 0) is 31.2 Å². The van der Waals surface area contributed by atoms with Crippen molar-refractivity contribution in [1.29, 1.82) is 0 Å². The number of guanidine groups is 1. The minimum Gasteiger partial charge on any atom is -0.379 e. The molecule has 2 N–H and O–H groups in total. The van der Waals surface area contributed by atoms with Crippen LogP contribution in [0.5, 0.6) is 0 Å². The Morgan fingerprint density at radius 2 is 2.19 bits per heavy atom. The molecule has 2 aliphatic rings. The van der Waals surface area contributed by atoms with Crippen molar-refractivity contribution in [2.45, 2.75) is 31.9 Å². The molecule has 8 heteroatoms. The predicted molar refractivity (Wildman–Crippen MR) is 118 cm³/mol. The van der Waals surface area contributed by atoms with Gasteiger partial charge >= 0.3 is 0 Å². The molecule has 2 atom stereocenters. The summed E-state index contributed by atoms with van der Waals surface area (Å²) in [5, 5.41) is 8.94. The van der Waals surface area contributed by atoms with Crippen LogP contribution in [-0.4, -0.2) is 69.5 Å². The van der Waals surface area contributed by atoms with Gasteiger partial charge in [0, 0.05) is 37.7 Å². The Morgan fingerprint density at radius 3 is 2.85 bits per heavy atom. The molecule has 1 aromatic heterocycles. The fourth-order valence-electron chi connectivity index (χ4n) is 3.29. The summed E-state index contributed by atoms with van der Waals surface area (Å²) in [7, 11) is 0. The van der Waals surface area contributed by atoms with Gasteiger partial charge in [-0.15, -0.1) is 35.3 Å². The molecular weight excluding hydrogens is 463 g/mol. The molecule has 148 valence electrons. The average molecular weight is 494 g/mol. The van der Waals surface area contributed by atoms with Crippen molar-refractivity contribution in [3.8, 4) is 0 Å². The van der Waals surface area contributed by atoms with Crippen LogP contribution >= 0.6 is 35.3 Å². The summed E-state index contributed by atoms with van der Waals surface area (Å²) in [4.78, 5) is 8.73. The Balaban J connectivity index is 0.00000243. The Kier molecular flexibility index (Phi) is 10.2. The van der Waals surface area contributed by atoms with E-state index in [4.69, 9.17) is 14.5 Å². The first-order valence-corrected chi connectivity index (χ1v) is 10.2. The Hall–Kier alpha value is -0.420. The van der Waals surface area contributed by atoms with Gasteiger partial charge in [0.15, 0.2) is 5.96 Å². The molecule has 3 rings (SSSR count). The van der Waals surface area contributed by atoms with Crippen LogP contribution in [0.1, 0.15) is 30.7 Å². The monoisotopic (exact) mass is 494 g/mol. The van der Waals surface area contributed by atoms with Gasteiger partial charge in [-0.1, -0.05) is 6.07 Å². The summed E-state index contributed by atoms with van der Waals surface area (Å²) in [6.45, 7) is 8.98. The lowest BCUT2D eigenvalue weighted by Crippen LogP contribution is -2.43. The third-order valence-electron chi connectivity index (χ3n) is 4.65. The maximum atomic E-state index is 5.70. The molecule has 0 saturated carbocycles. The number of nitrogens with zero attached hydrogens (tertiary/aromatic N) is 2. The standard InChI is InChI=1S/C18H30N4O2S.HI/c1-2-19-18(20-13-15-5-3-9-24-15)21-14-16(17-6-4-12-25-17)22-7-10-23-11-8-22;/h4,6,12,15-16H,2-3,5,7-11,13-14H2,1H3,(H2,19,20,21);1H. The normalized spacial score (nSPS) is 22.7. The smallest absolute Gasteiger partial charge is 0.191 e. The predicted octanol–water partition coefficient (Wildman–Crippen LogP) is 2.47. The van der Waals surface area contributed by atoms with Gasteiger partial charge in [-0.3, -0.25) is 9.89 Å². The van der Waals surface area contributed by atoms with Crippen molar-refractivity contribution in [2.75, 3.05) is 52.5 Å². The Morgan fingerprint density at radius 1 is 1.35 bits per heavy atom. The number of hydrogen-bond acceptors (Lipinski definition) is 5. The minimum atomic E-state index is 0. The van der Waals surface area contributed by atoms with Crippen LogP contribution in [0.4, 0.5) is 0 Å². The zero-order valence-electron chi connectivity index (χ0n) is 15.5. The second kappa shape index (κ2) is 12.1. The average Bonchev–Trinajstić information content (AvgIpc) is 3.35. The van der Waals surface area contributed by atoms with Crippen LogP contribution < -0.4 is 10.6 Å². The van der Waals surface area contributed by atoms with Crippen LogP contribution in [0.25, 0.3) is 0 Å². The second-order valence-electron chi connectivity index (χ2n) is 6.42. The summed E-state index contributed by atoms with van der Waals surface area (Å²) in [6.07, 6.45) is 2.62. The molecule has 0 bridgehead atoms. The van der Waals surface area contributed by atoms with Gasteiger partial charge in [-0.25, -0.2) is 0 Å². The third-order valence-corrected chi connectivity index (χ3v) is 5.62. The molecule has 2 aliphatic heterocycles. The number of hydrogen-bond donors (Lipinski definition) is 2. The first-order chi connectivity index (χ1) is 12.4. The van der Waals surface area contributed by atoms with Gasteiger partial charge in [0.25, 0.3) is 0 Å². The van der Waals surface area contributed by atoms with Crippen LogP contribution in [0.3, 0.4) is 0 Å². The molecule has 2 fully saturated rings. The largest absolute Gasteiger partial charge is 0.379 e. The van der Waals surface area contributed by atoms with E-state index >= 15 is 0 Å². The van der Waals surface area contributed by atoms with E-state index in [1.165, 1.54) is 4.88 Å². The van der Waals surface area contributed by atoms with Gasteiger partial charge in [0.1, 0.15) is 0 Å². The zero-order valence-corrected chi connectivity index (χ0v) is 18.6. The van der Waals surface area contributed by atoms with Gasteiger partial charge < -0.3 is 20.1 Å². The molecule has 6 nitrogen and oxygen atoms in total. The van der Waals surface area contributed by atoms with E-state index in [2.05, 4.69) is 40.0 Å². The van der Waals surface area contributed by atoms with Crippen molar-refractivity contribution in [3.63, 3.8) is 0 Å². The highest BCUT2D eigenvalue weighted by molar-refractivity contribution is 14.0. The van der Waals surface area contributed by atoms with E-state index in [-0.39, 0.29) is 24.0 Å².